The number of aromatic nitrogens is 7. The Morgan fingerprint density at radius 2 is 2.28 bits per heavy atom. The smallest absolute Gasteiger partial charge is 0.341 e. The number of imidazole rings is 1. The van der Waals surface area contributed by atoms with Gasteiger partial charge in [-0.25, -0.2) is 19.9 Å². The Kier molecular flexibility index (Phi) is 2.56. The van der Waals surface area contributed by atoms with Crippen LogP contribution in [0.1, 0.15) is 0 Å². The Morgan fingerprint density at radius 1 is 1.44 bits per heavy atom. The summed E-state index contributed by atoms with van der Waals surface area (Å²) in [6.45, 7) is 0. The third-order valence-corrected chi connectivity index (χ3v) is 3.46. The van der Waals surface area contributed by atoms with Crippen LogP contribution in [0.2, 0.25) is 5.28 Å². The van der Waals surface area contributed by atoms with E-state index in [2.05, 4.69) is 30.1 Å². The highest BCUT2D eigenvalue weighted by Crippen LogP contribution is 2.28. The minimum Gasteiger partial charge on any atom is -0.341 e. The summed E-state index contributed by atoms with van der Waals surface area (Å²) in [5.74, 6) is 0. The molecule has 8 nitrogen and oxygen atoms in total. The lowest BCUT2D eigenvalue weighted by molar-refractivity contribution is 0.765. The van der Waals surface area contributed by atoms with E-state index < -0.39 is 0 Å². The number of hydrogen-bond donors (Lipinski definition) is 2. The van der Waals surface area contributed by atoms with Gasteiger partial charge in [0.25, 0.3) is 0 Å². The predicted octanol–water partition coefficient (Wildman–Crippen LogP) is 0.579. The normalized spacial score (nSPS) is 11.2. The summed E-state index contributed by atoms with van der Waals surface area (Å²) in [7, 11) is 1.61. The molecule has 0 amide bonds. The van der Waals surface area contributed by atoms with Crippen LogP contribution in [0.25, 0.3) is 11.2 Å². The molecule has 0 saturated carbocycles. The molecule has 0 spiro atoms. The Bertz CT molecular complexity index is 775. The third-order valence-electron chi connectivity index (χ3n) is 2.25. The lowest BCUT2D eigenvalue weighted by Gasteiger charge is -2.00. The molecule has 0 aliphatic rings. The van der Waals surface area contributed by atoms with Crippen molar-refractivity contribution in [2.24, 2.45) is 7.05 Å². The molecule has 0 radical (unpaired) electrons. The minimum absolute atomic E-state index is 0.0950. The number of halogens is 1. The van der Waals surface area contributed by atoms with Gasteiger partial charge in [0, 0.05) is 7.05 Å². The van der Waals surface area contributed by atoms with E-state index in [9.17, 15) is 4.79 Å². The van der Waals surface area contributed by atoms with Crippen molar-refractivity contribution < 1.29 is 0 Å². The molecule has 0 saturated heterocycles. The molecule has 0 aromatic carbocycles. The van der Waals surface area contributed by atoms with Gasteiger partial charge in [-0.2, -0.15) is 4.98 Å². The van der Waals surface area contributed by atoms with Gasteiger partial charge in [0.15, 0.2) is 10.8 Å². The van der Waals surface area contributed by atoms with Gasteiger partial charge < -0.3 is 4.98 Å². The van der Waals surface area contributed by atoms with Gasteiger partial charge in [0.1, 0.15) is 10.5 Å². The first-order chi connectivity index (χ1) is 8.65. The van der Waals surface area contributed by atoms with Gasteiger partial charge in [0.05, 0.1) is 6.33 Å². The average molecular weight is 284 g/mol. The largest absolute Gasteiger partial charge is 0.343 e. The van der Waals surface area contributed by atoms with Crippen molar-refractivity contribution in [3.8, 4) is 0 Å². The van der Waals surface area contributed by atoms with Crippen LogP contribution in [0.4, 0.5) is 0 Å². The van der Waals surface area contributed by atoms with E-state index in [1.54, 1.807) is 7.05 Å². The number of nitrogens with zero attached hydrogens (tertiary/aromatic N) is 5. The molecule has 18 heavy (non-hydrogen) atoms. The van der Waals surface area contributed by atoms with Crippen LogP contribution < -0.4 is 5.69 Å². The second-order valence-corrected chi connectivity index (χ2v) is 4.67. The molecule has 0 atom stereocenters. The summed E-state index contributed by atoms with van der Waals surface area (Å²) >= 11 is 7.00. The maximum Gasteiger partial charge on any atom is 0.343 e. The Balaban J connectivity index is 2.12. The number of aromatic amines is 2. The SMILES string of the molecule is Cn1c(Sc2nc(Cl)nc3nc[nH]c23)n[nH]c1=O. The second kappa shape index (κ2) is 4.10. The van der Waals surface area contributed by atoms with Crippen molar-refractivity contribution in [1.29, 1.82) is 0 Å². The molecule has 3 rings (SSSR count). The third kappa shape index (κ3) is 1.77. The lowest BCUT2D eigenvalue weighted by atomic mass is 10.6. The van der Waals surface area contributed by atoms with Crippen molar-refractivity contribution in [3.63, 3.8) is 0 Å². The number of H-pyrrole nitrogens is 2. The monoisotopic (exact) mass is 283 g/mol. The molecule has 3 aromatic rings. The Hall–Kier alpha value is -1.87. The number of nitrogens with one attached hydrogen (secondary N) is 2. The fourth-order valence-corrected chi connectivity index (χ4v) is 2.45. The first-order valence-electron chi connectivity index (χ1n) is 4.81. The second-order valence-electron chi connectivity index (χ2n) is 3.37. The fourth-order valence-electron chi connectivity index (χ4n) is 1.37. The summed E-state index contributed by atoms with van der Waals surface area (Å²) in [4.78, 5) is 26.3. The molecule has 0 aliphatic carbocycles. The topological polar surface area (TPSA) is 105 Å². The zero-order valence-electron chi connectivity index (χ0n) is 9.01. The highest BCUT2D eigenvalue weighted by Gasteiger charge is 2.13. The highest BCUT2D eigenvalue weighted by atomic mass is 35.5. The Morgan fingerprint density at radius 3 is 3.00 bits per heavy atom. The van der Waals surface area contributed by atoms with Crippen LogP contribution in [0.15, 0.2) is 21.3 Å². The van der Waals surface area contributed by atoms with Crippen LogP contribution in [-0.2, 0) is 7.05 Å². The molecular weight excluding hydrogens is 278 g/mol. The predicted molar refractivity (Wildman–Crippen MR) is 64.6 cm³/mol. The van der Waals surface area contributed by atoms with E-state index in [0.717, 1.165) is 0 Å². The molecule has 0 unspecified atom stereocenters. The maximum absolute atomic E-state index is 11.3. The van der Waals surface area contributed by atoms with Gasteiger partial charge in [-0.05, 0) is 23.4 Å². The van der Waals surface area contributed by atoms with E-state index in [4.69, 9.17) is 11.6 Å². The average Bonchev–Trinajstić information content (AvgIpc) is 2.90. The van der Waals surface area contributed by atoms with Crippen LogP contribution in [0.5, 0.6) is 0 Å². The summed E-state index contributed by atoms with van der Waals surface area (Å²) < 4.78 is 1.38. The molecule has 3 heterocycles. The summed E-state index contributed by atoms with van der Waals surface area (Å²) in [6, 6.07) is 0. The van der Waals surface area contributed by atoms with Gasteiger partial charge >= 0.3 is 5.69 Å². The van der Waals surface area contributed by atoms with Gasteiger partial charge in [-0.1, -0.05) is 0 Å². The van der Waals surface area contributed by atoms with Crippen LogP contribution in [0, 0.1) is 0 Å². The van der Waals surface area contributed by atoms with Gasteiger partial charge in [-0.3, -0.25) is 4.57 Å². The van der Waals surface area contributed by atoms with E-state index in [1.165, 1.54) is 22.7 Å². The molecular formula is C8H6ClN7OS. The minimum atomic E-state index is -0.293. The molecule has 10 heteroatoms. The number of rotatable bonds is 2. The van der Waals surface area contributed by atoms with Crippen LogP contribution in [0.3, 0.4) is 0 Å². The summed E-state index contributed by atoms with van der Waals surface area (Å²) in [5.41, 5.74) is 0.830. The molecule has 2 N–H and O–H groups in total. The standard InChI is InChI=1S/C8H6ClN7OS/c1-16-7(17)14-15-8(16)18-5-3-4(11-2-10-3)12-6(9)13-5/h2H,1H3,(H,14,17)(H,10,11,12,13). The number of fused-ring (bicyclic) bond motifs is 1. The van der Waals surface area contributed by atoms with Gasteiger partial charge in [0.2, 0.25) is 5.28 Å². The first-order valence-corrected chi connectivity index (χ1v) is 6.00. The summed E-state index contributed by atoms with van der Waals surface area (Å²) in [6.07, 6.45) is 1.50. The summed E-state index contributed by atoms with van der Waals surface area (Å²) in [5, 5.41) is 7.36. The first kappa shape index (κ1) is 11.2. The quantitative estimate of drug-likeness (QED) is 0.526. The highest BCUT2D eigenvalue weighted by molar-refractivity contribution is 7.99. The van der Waals surface area contributed by atoms with Crippen molar-refractivity contribution in [3.05, 3.63) is 22.1 Å². The number of hydrogen-bond acceptors (Lipinski definition) is 6. The Labute approximate surface area is 109 Å². The zero-order valence-corrected chi connectivity index (χ0v) is 10.6. The van der Waals surface area contributed by atoms with E-state index in [-0.39, 0.29) is 11.0 Å². The van der Waals surface area contributed by atoms with Crippen LogP contribution >= 0.6 is 23.4 Å². The fraction of sp³-hybridized carbons (Fsp3) is 0.125. The van der Waals surface area contributed by atoms with Gasteiger partial charge in [-0.15, -0.1) is 5.10 Å². The maximum atomic E-state index is 11.3. The van der Waals surface area contributed by atoms with E-state index in [0.29, 0.717) is 21.3 Å². The lowest BCUT2D eigenvalue weighted by Crippen LogP contribution is -2.12. The van der Waals surface area contributed by atoms with Crippen molar-refractivity contribution in [2.45, 2.75) is 10.2 Å². The molecule has 0 fully saturated rings. The van der Waals surface area contributed by atoms with E-state index >= 15 is 0 Å². The molecule has 0 bridgehead atoms. The molecule has 92 valence electrons. The van der Waals surface area contributed by atoms with E-state index in [1.807, 2.05) is 0 Å². The zero-order chi connectivity index (χ0) is 12.7. The van der Waals surface area contributed by atoms with Crippen molar-refractivity contribution in [2.75, 3.05) is 0 Å². The molecule has 0 aliphatic heterocycles. The van der Waals surface area contributed by atoms with Crippen LogP contribution in [-0.4, -0.2) is 34.7 Å². The van der Waals surface area contributed by atoms with Crippen molar-refractivity contribution >= 4 is 34.5 Å². The molecule has 3 aromatic heterocycles. The van der Waals surface area contributed by atoms with Crippen molar-refractivity contribution in [1.82, 2.24) is 34.7 Å².